The van der Waals surface area contributed by atoms with Gasteiger partial charge >= 0.3 is 0 Å². The Balaban J connectivity index is 2.20. The van der Waals surface area contributed by atoms with Gasteiger partial charge in [-0.3, -0.25) is 4.99 Å². The zero-order valence-electron chi connectivity index (χ0n) is 14.6. The highest BCUT2D eigenvalue weighted by Gasteiger charge is 2.04. The fourth-order valence-corrected chi connectivity index (χ4v) is 2.62. The number of rotatable bonds is 10. The Hall–Kier alpha value is -1.80. The summed E-state index contributed by atoms with van der Waals surface area (Å²) >= 11 is 0. The van der Waals surface area contributed by atoms with Crippen molar-refractivity contribution in [2.75, 3.05) is 39.5 Å². The number of benzene rings is 1. The van der Waals surface area contributed by atoms with Gasteiger partial charge in [0.2, 0.25) is 10.0 Å². The van der Waals surface area contributed by atoms with Gasteiger partial charge in [0.05, 0.1) is 12.9 Å². The van der Waals surface area contributed by atoms with Crippen molar-refractivity contribution in [2.45, 2.75) is 19.8 Å². The normalized spacial score (nSPS) is 12.0. The van der Waals surface area contributed by atoms with Gasteiger partial charge < -0.3 is 15.4 Å². The zero-order valence-corrected chi connectivity index (χ0v) is 15.4. The van der Waals surface area contributed by atoms with Crippen LogP contribution in [-0.2, 0) is 16.4 Å². The van der Waals surface area contributed by atoms with Crippen molar-refractivity contribution < 1.29 is 13.2 Å². The van der Waals surface area contributed by atoms with Gasteiger partial charge in [-0.25, -0.2) is 13.1 Å². The maximum absolute atomic E-state index is 11.3. The second-order valence-electron chi connectivity index (χ2n) is 5.18. The molecule has 0 heterocycles. The number of guanidine groups is 1. The number of hydrogen-bond acceptors (Lipinski definition) is 4. The van der Waals surface area contributed by atoms with Crippen molar-refractivity contribution in [1.29, 1.82) is 0 Å². The minimum Gasteiger partial charge on any atom is -0.497 e. The molecule has 0 radical (unpaired) electrons. The van der Waals surface area contributed by atoms with Crippen LogP contribution >= 0.6 is 0 Å². The van der Waals surface area contributed by atoms with Crippen LogP contribution in [0.1, 0.15) is 18.9 Å². The predicted octanol–water partition coefficient (Wildman–Crippen LogP) is 0.732. The molecule has 0 aromatic heterocycles. The largest absolute Gasteiger partial charge is 0.497 e. The third-order valence-corrected chi connectivity index (χ3v) is 4.84. The molecule has 0 saturated carbocycles. The number of sulfonamides is 1. The molecule has 0 saturated heterocycles. The molecule has 0 aliphatic carbocycles. The van der Waals surface area contributed by atoms with Crippen LogP contribution in [0, 0.1) is 0 Å². The maximum Gasteiger partial charge on any atom is 0.211 e. The van der Waals surface area contributed by atoms with Crippen LogP contribution < -0.4 is 20.1 Å². The second kappa shape index (κ2) is 10.9. The quantitative estimate of drug-likeness (QED) is 0.327. The third kappa shape index (κ3) is 8.16. The molecule has 0 unspecified atom stereocenters. The minimum absolute atomic E-state index is 0.106. The van der Waals surface area contributed by atoms with Gasteiger partial charge in [0, 0.05) is 26.7 Å². The summed E-state index contributed by atoms with van der Waals surface area (Å²) in [6, 6.07) is 7.96. The van der Waals surface area contributed by atoms with Crippen molar-refractivity contribution >= 4 is 16.0 Å². The van der Waals surface area contributed by atoms with E-state index in [0.29, 0.717) is 25.5 Å². The van der Waals surface area contributed by atoms with E-state index >= 15 is 0 Å². The van der Waals surface area contributed by atoms with E-state index in [0.717, 1.165) is 18.7 Å². The first-order chi connectivity index (χ1) is 11.5. The lowest BCUT2D eigenvalue weighted by Gasteiger charge is -2.12. The summed E-state index contributed by atoms with van der Waals surface area (Å²) in [5, 5.41) is 6.40. The van der Waals surface area contributed by atoms with Gasteiger partial charge in [-0.1, -0.05) is 12.1 Å². The molecule has 1 aromatic carbocycles. The Morgan fingerprint density at radius 3 is 2.38 bits per heavy atom. The fraction of sp³-hybridized carbons (Fsp3) is 0.562. The van der Waals surface area contributed by atoms with Crippen LogP contribution in [0.5, 0.6) is 5.75 Å². The molecule has 0 bridgehead atoms. The fourth-order valence-electron chi connectivity index (χ4n) is 1.96. The highest BCUT2D eigenvalue weighted by molar-refractivity contribution is 7.89. The molecule has 24 heavy (non-hydrogen) atoms. The van der Waals surface area contributed by atoms with E-state index in [1.54, 1.807) is 21.1 Å². The first kappa shape index (κ1) is 20.2. The van der Waals surface area contributed by atoms with E-state index in [4.69, 9.17) is 4.74 Å². The number of hydrogen-bond donors (Lipinski definition) is 3. The van der Waals surface area contributed by atoms with Crippen molar-refractivity contribution in [3.05, 3.63) is 29.8 Å². The van der Waals surface area contributed by atoms with Crippen LogP contribution in [0.3, 0.4) is 0 Å². The highest BCUT2D eigenvalue weighted by atomic mass is 32.2. The number of ether oxygens (including phenoxy) is 1. The Morgan fingerprint density at radius 2 is 1.79 bits per heavy atom. The van der Waals surface area contributed by atoms with Gasteiger partial charge in [0.25, 0.3) is 0 Å². The summed E-state index contributed by atoms with van der Waals surface area (Å²) in [6.45, 7) is 3.45. The number of nitrogens with one attached hydrogen (secondary N) is 3. The Kier molecular flexibility index (Phi) is 9.18. The van der Waals surface area contributed by atoms with Crippen molar-refractivity contribution in [1.82, 2.24) is 15.4 Å². The Morgan fingerprint density at radius 1 is 1.12 bits per heavy atom. The molecule has 136 valence electrons. The van der Waals surface area contributed by atoms with Gasteiger partial charge in [-0.2, -0.15) is 0 Å². The van der Waals surface area contributed by atoms with Crippen molar-refractivity contribution in [3.8, 4) is 5.75 Å². The van der Waals surface area contributed by atoms with Crippen molar-refractivity contribution in [3.63, 3.8) is 0 Å². The average molecular weight is 356 g/mol. The molecule has 0 aliphatic heterocycles. The number of nitrogens with zero attached hydrogens (tertiary/aromatic N) is 1. The van der Waals surface area contributed by atoms with Crippen LogP contribution in [0.2, 0.25) is 0 Å². The summed E-state index contributed by atoms with van der Waals surface area (Å²) in [5.74, 6) is 1.67. The summed E-state index contributed by atoms with van der Waals surface area (Å²) in [4.78, 5) is 4.14. The summed E-state index contributed by atoms with van der Waals surface area (Å²) in [5.41, 5.74) is 1.22. The minimum atomic E-state index is -3.11. The first-order valence-corrected chi connectivity index (χ1v) is 9.70. The Bertz CT molecular complexity index is 600. The molecule has 1 aromatic rings. The molecule has 0 spiro atoms. The molecule has 7 nitrogen and oxygen atoms in total. The van der Waals surface area contributed by atoms with E-state index in [1.165, 1.54) is 5.56 Å². The average Bonchev–Trinajstić information content (AvgIpc) is 2.60. The molecule has 3 N–H and O–H groups in total. The third-order valence-electron chi connectivity index (χ3n) is 3.44. The lowest BCUT2D eigenvalue weighted by atomic mass is 10.1. The van der Waals surface area contributed by atoms with E-state index in [1.807, 2.05) is 24.3 Å². The zero-order chi connectivity index (χ0) is 17.8. The van der Waals surface area contributed by atoms with Crippen LogP contribution in [0.25, 0.3) is 0 Å². The monoisotopic (exact) mass is 356 g/mol. The highest BCUT2D eigenvalue weighted by Crippen LogP contribution is 2.11. The summed E-state index contributed by atoms with van der Waals surface area (Å²) < 4.78 is 30.3. The van der Waals surface area contributed by atoms with Crippen molar-refractivity contribution in [2.24, 2.45) is 4.99 Å². The van der Waals surface area contributed by atoms with E-state index < -0.39 is 10.0 Å². The number of methoxy groups -OCH3 is 1. The molecule has 8 heteroatoms. The molecule has 0 fully saturated rings. The van der Waals surface area contributed by atoms with Gasteiger partial charge in [0.15, 0.2) is 5.96 Å². The predicted molar refractivity (Wildman–Crippen MR) is 98.1 cm³/mol. The molecule has 1 rings (SSSR count). The molecular formula is C16H28N4O3S. The van der Waals surface area contributed by atoms with E-state index in [-0.39, 0.29) is 5.75 Å². The number of aliphatic imine (C=N–C) groups is 1. The van der Waals surface area contributed by atoms with Crippen LogP contribution in [0.15, 0.2) is 29.3 Å². The first-order valence-electron chi connectivity index (χ1n) is 8.05. The standard InChI is InChI=1S/C16H28N4O3S/c1-4-24(21,22)20-12-5-11-18-16(17-2)19-13-10-14-6-8-15(23-3)9-7-14/h6-9,20H,4-5,10-13H2,1-3H3,(H2,17,18,19). The topological polar surface area (TPSA) is 91.8 Å². The maximum atomic E-state index is 11.3. The lowest BCUT2D eigenvalue weighted by molar-refractivity contribution is 0.414. The molecule has 0 aliphatic rings. The lowest BCUT2D eigenvalue weighted by Crippen LogP contribution is -2.39. The van der Waals surface area contributed by atoms with E-state index in [9.17, 15) is 8.42 Å². The Labute approximate surface area is 145 Å². The van der Waals surface area contributed by atoms with Gasteiger partial charge in [-0.15, -0.1) is 0 Å². The SMILES string of the molecule is CCS(=O)(=O)NCCCNC(=NC)NCCc1ccc(OC)cc1. The molecule has 0 atom stereocenters. The van der Waals surface area contributed by atoms with Crippen LogP contribution in [-0.4, -0.2) is 53.9 Å². The smallest absolute Gasteiger partial charge is 0.211 e. The van der Waals surface area contributed by atoms with E-state index in [2.05, 4.69) is 20.3 Å². The summed E-state index contributed by atoms with van der Waals surface area (Å²) in [6.07, 6.45) is 1.57. The molecule has 0 amide bonds. The molecular weight excluding hydrogens is 328 g/mol. The van der Waals surface area contributed by atoms with Gasteiger partial charge in [-0.05, 0) is 37.5 Å². The van der Waals surface area contributed by atoms with Gasteiger partial charge in [0.1, 0.15) is 5.75 Å². The summed E-state index contributed by atoms with van der Waals surface area (Å²) in [7, 11) is 0.255. The van der Waals surface area contributed by atoms with Crippen LogP contribution in [0.4, 0.5) is 0 Å². The second-order valence-corrected chi connectivity index (χ2v) is 7.27.